The Kier molecular flexibility index (Phi) is 6.57. The number of carboxylic acids is 1. The minimum Gasteiger partial charge on any atom is -0.480 e. The lowest BCUT2D eigenvalue weighted by Gasteiger charge is -2.24. The van der Waals surface area contributed by atoms with Crippen molar-refractivity contribution < 1.29 is 23.1 Å². The van der Waals surface area contributed by atoms with E-state index in [9.17, 15) is 18.0 Å². The summed E-state index contributed by atoms with van der Waals surface area (Å²) in [6.45, 7) is 3.09. The zero-order valence-corrected chi connectivity index (χ0v) is 15.9. The van der Waals surface area contributed by atoms with Gasteiger partial charge in [-0.3, -0.25) is 13.9 Å². The second kappa shape index (κ2) is 8.68. The van der Waals surface area contributed by atoms with Crippen LogP contribution in [0.4, 0.5) is 5.69 Å². The average molecular weight is 390 g/mol. The lowest BCUT2D eigenvalue weighted by molar-refractivity contribution is -0.141. The van der Waals surface area contributed by atoms with Crippen LogP contribution in [0.1, 0.15) is 18.9 Å². The molecule has 1 amide bonds. The van der Waals surface area contributed by atoms with Crippen LogP contribution >= 0.6 is 0 Å². The molecule has 0 heterocycles. The van der Waals surface area contributed by atoms with E-state index >= 15 is 0 Å². The van der Waals surface area contributed by atoms with Crippen molar-refractivity contribution in [1.82, 2.24) is 5.32 Å². The lowest BCUT2D eigenvalue weighted by Crippen LogP contribution is -2.41. The zero-order valence-electron chi connectivity index (χ0n) is 15.1. The molecular weight excluding hydrogens is 368 g/mol. The number of para-hydroxylation sites is 1. The molecule has 0 unspecified atom stereocenters. The van der Waals surface area contributed by atoms with Gasteiger partial charge < -0.3 is 10.4 Å². The Morgan fingerprint density at radius 3 is 2.22 bits per heavy atom. The molecule has 2 N–H and O–H groups in total. The van der Waals surface area contributed by atoms with E-state index in [2.05, 4.69) is 5.32 Å². The minimum absolute atomic E-state index is 0.113. The van der Waals surface area contributed by atoms with Crippen LogP contribution in [-0.4, -0.2) is 38.0 Å². The van der Waals surface area contributed by atoms with Crippen molar-refractivity contribution in [2.45, 2.75) is 31.2 Å². The lowest BCUT2D eigenvalue weighted by atomic mass is 10.2. The molecular formula is C19H22N2O5S. The molecule has 27 heavy (non-hydrogen) atoms. The largest absolute Gasteiger partial charge is 0.480 e. The summed E-state index contributed by atoms with van der Waals surface area (Å²) < 4.78 is 27.3. The van der Waals surface area contributed by atoms with Gasteiger partial charge >= 0.3 is 5.97 Å². The van der Waals surface area contributed by atoms with Crippen molar-refractivity contribution in [3.63, 3.8) is 0 Å². The fraction of sp³-hybridized carbons (Fsp3) is 0.263. The first kappa shape index (κ1) is 20.4. The van der Waals surface area contributed by atoms with E-state index < -0.39 is 27.9 Å². The zero-order chi connectivity index (χ0) is 20.0. The van der Waals surface area contributed by atoms with E-state index in [1.807, 2.05) is 6.92 Å². The third kappa shape index (κ3) is 5.30. The van der Waals surface area contributed by atoms with Crippen LogP contribution in [0.5, 0.6) is 0 Å². The minimum atomic E-state index is -3.87. The topological polar surface area (TPSA) is 104 Å². The molecule has 1 atom stereocenters. The molecule has 0 aliphatic rings. The predicted octanol–water partition coefficient (Wildman–Crippen LogP) is 2.17. The van der Waals surface area contributed by atoms with E-state index in [1.54, 1.807) is 42.5 Å². The number of sulfonamides is 1. The molecule has 0 aliphatic carbocycles. The van der Waals surface area contributed by atoms with Crippen LogP contribution in [0.15, 0.2) is 59.5 Å². The van der Waals surface area contributed by atoms with E-state index in [1.165, 1.54) is 19.1 Å². The molecule has 2 aromatic carbocycles. The molecule has 0 aliphatic heterocycles. The third-order valence-corrected chi connectivity index (χ3v) is 5.78. The fourth-order valence-electron chi connectivity index (χ4n) is 2.40. The second-order valence-corrected chi connectivity index (χ2v) is 7.97. The van der Waals surface area contributed by atoms with Gasteiger partial charge in [-0.25, -0.2) is 8.42 Å². The van der Waals surface area contributed by atoms with Crippen LogP contribution in [0.3, 0.4) is 0 Å². The molecule has 8 heteroatoms. The van der Waals surface area contributed by atoms with Crippen LogP contribution < -0.4 is 9.62 Å². The van der Waals surface area contributed by atoms with Gasteiger partial charge in [-0.1, -0.05) is 35.9 Å². The predicted molar refractivity (Wildman–Crippen MR) is 102 cm³/mol. The Balaban J connectivity index is 2.26. The molecule has 0 saturated carbocycles. The monoisotopic (exact) mass is 390 g/mol. The van der Waals surface area contributed by atoms with Crippen LogP contribution in [-0.2, 0) is 19.6 Å². The summed E-state index contributed by atoms with van der Waals surface area (Å²) >= 11 is 0. The molecule has 0 radical (unpaired) electrons. The van der Waals surface area contributed by atoms with Crippen LogP contribution in [0.2, 0.25) is 0 Å². The quantitative estimate of drug-likeness (QED) is 0.719. The Hall–Kier alpha value is -2.87. The summed E-state index contributed by atoms with van der Waals surface area (Å²) in [5, 5.41) is 11.2. The van der Waals surface area contributed by atoms with Crippen molar-refractivity contribution in [3.8, 4) is 0 Å². The van der Waals surface area contributed by atoms with Gasteiger partial charge in [-0.2, -0.15) is 0 Å². The first-order valence-electron chi connectivity index (χ1n) is 8.38. The highest BCUT2D eigenvalue weighted by molar-refractivity contribution is 7.92. The van der Waals surface area contributed by atoms with Gasteiger partial charge in [0.2, 0.25) is 5.91 Å². The smallest absolute Gasteiger partial charge is 0.325 e. The number of carbonyl (C=O) groups excluding carboxylic acids is 1. The van der Waals surface area contributed by atoms with Crippen LogP contribution in [0.25, 0.3) is 0 Å². The molecule has 0 aromatic heterocycles. The Labute approximate surface area is 158 Å². The van der Waals surface area contributed by atoms with E-state index in [4.69, 9.17) is 5.11 Å². The van der Waals surface area contributed by atoms with Crippen molar-refractivity contribution in [3.05, 3.63) is 60.2 Å². The number of hydrogen-bond acceptors (Lipinski definition) is 4. The highest BCUT2D eigenvalue weighted by Crippen LogP contribution is 2.24. The highest BCUT2D eigenvalue weighted by atomic mass is 32.2. The number of aliphatic carboxylic acids is 1. The first-order valence-corrected chi connectivity index (χ1v) is 9.82. The highest BCUT2D eigenvalue weighted by Gasteiger charge is 2.26. The molecule has 0 bridgehead atoms. The summed E-state index contributed by atoms with van der Waals surface area (Å²) in [4.78, 5) is 23.0. The number of aryl methyl sites for hydroxylation is 1. The fourth-order valence-corrected chi connectivity index (χ4v) is 3.86. The standard InChI is InChI=1S/C19H22N2O5S/c1-14-8-10-17(11-9-14)27(25,26)21(16-6-4-3-5-7-16)13-12-18(22)20-15(2)19(23)24/h3-11,15H,12-13H2,1-2H3,(H,20,22)(H,23,24)/t15-/m0/s1. The van der Waals surface area contributed by atoms with Gasteiger partial charge in [0.15, 0.2) is 0 Å². The molecule has 144 valence electrons. The molecule has 7 nitrogen and oxygen atoms in total. The normalized spacial score (nSPS) is 12.2. The Morgan fingerprint density at radius 1 is 1.07 bits per heavy atom. The van der Waals surface area contributed by atoms with Gasteiger partial charge in [-0.15, -0.1) is 0 Å². The summed E-state index contributed by atoms with van der Waals surface area (Å²) in [7, 11) is -3.87. The van der Waals surface area contributed by atoms with Gasteiger partial charge in [0, 0.05) is 13.0 Å². The van der Waals surface area contributed by atoms with Crippen molar-refractivity contribution >= 4 is 27.6 Å². The average Bonchev–Trinajstić information content (AvgIpc) is 2.62. The Morgan fingerprint density at radius 2 is 1.67 bits per heavy atom. The number of nitrogens with zero attached hydrogens (tertiary/aromatic N) is 1. The summed E-state index contributed by atoms with van der Waals surface area (Å²) in [5.74, 6) is -1.69. The van der Waals surface area contributed by atoms with Gasteiger partial charge in [0.1, 0.15) is 6.04 Å². The van der Waals surface area contributed by atoms with Crippen molar-refractivity contribution in [2.75, 3.05) is 10.8 Å². The summed E-state index contributed by atoms with van der Waals surface area (Å²) in [6, 6.07) is 13.9. The number of rotatable bonds is 8. The number of hydrogen-bond donors (Lipinski definition) is 2. The van der Waals surface area contributed by atoms with E-state index in [0.29, 0.717) is 5.69 Å². The van der Waals surface area contributed by atoms with Gasteiger partial charge in [0.05, 0.1) is 10.6 Å². The number of carbonyl (C=O) groups is 2. The molecule has 0 spiro atoms. The molecule has 0 saturated heterocycles. The summed E-state index contributed by atoms with van der Waals surface area (Å²) in [6.07, 6.45) is -0.169. The number of carboxylic acid groups (broad SMARTS) is 1. The molecule has 2 aromatic rings. The van der Waals surface area contributed by atoms with Crippen molar-refractivity contribution in [1.29, 1.82) is 0 Å². The maximum atomic E-state index is 13.1. The van der Waals surface area contributed by atoms with E-state index in [0.717, 1.165) is 9.87 Å². The second-order valence-electron chi connectivity index (χ2n) is 6.10. The van der Waals surface area contributed by atoms with E-state index in [-0.39, 0.29) is 17.9 Å². The maximum absolute atomic E-state index is 13.1. The van der Waals surface area contributed by atoms with Crippen LogP contribution in [0, 0.1) is 6.92 Å². The molecule has 2 rings (SSSR count). The Bertz CT molecular complexity index is 895. The third-order valence-electron chi connectivity index (χ3n) is 3.94. The maximum Gasteiger partial charge on any atom is 0.325 e. The molecule has 0 fully saturated rings. The van der Waals surface area contributed by atoms with Gasteiger partial charge in [-0.05, 0) is 38.1 Å². The van der Waals surface area contributed by atoms with Crippen molar-refractivity contribution in [2.24, 2.45) is 0 Å². The SMILES string of the molecule is Cc1ccc(S(=O)(=O)N(CCC(=O)N[C@@H](C)C(=O)O)c2ccccc2)cc1. The first-order chi connectivity index (χ1) is 12.7. The number of anilines is 1. The van der Waals surface area contributed by atoms with Gasteiger partial charge in [0.25, 0.3) is 10.0 Å². The number of benzene rings is 2. The summed E-state index contributed by atoms with van der Waals surface area (Å²) in [5.41, 5.74) is 1.36. The number of amides is 1. The number of nitrogens with one attached hydrogen (secondary N) is 1.